The SMILES string of the molecule is Cc1sc2cccc3c2[n+]1CC(O)=C3O. The van der Waals surface area contributed by atoms with E-state index in [1.54, 1.807) is 11.3 Å². The molecule has 0 aliphatic carbocycles. The minimum absolute atomic E-state index is 0.0124. The zero-order chi connectivity index (χ0) is 10.6. The number of allylic oxidation sites excluding steroid dienone is 1. The number of aromatic nitrogens is 1. The summed E-state index contributed by atoms with van der Waals surface area (Å²) in [4.78, 5) is 0. The van der Waals surface area contributed by atoms with Crippen LogP contribution in [0.4, 0.5) is 0 Å². The van der Waals surface area contributed by atoms with E-state index < -0.39 is 0 Å². The Morgan fingerprint density at radius 2 is 2.13 bits per heavy atom. The number of hydrogen-bond donors (Lipinski definition) is 2. The fourth-order valence-electron chi connectivity index (χ4n) is 2.02. The first-order valence-corrected chi connectivity index (χ1v) is 5.53. The highest BCUT2D eigenvalue weighted by Gasteiger charge is 2.29. The normalized spacial score (nSPS) is 15.0. The van der Waals surface area contributed by atoms with E-state index in [1.807, 2.05) is 29.7 Å². The number of para-hydroxylation sites is 1. The highest BCUT2D eigenvalue weighted by molar-refractivity contribution is 7.18. The highest BCUT2D eigenvalue weighted by atomic mass is 32.1. The molecule has 3 nitrogen and oxygen atoms in total. The molecule has 1 aliphatic rings. The topological polar surface area (TPSA) is 44.3 Å². The van der Waals surface area contributed by atoms with Crippen molar-refractivity contribution in [2.45, 2.75) is 13.5 Å². The molecule has 1 aliphatic heterocycles. The predicted octanol–water partition coefficient (Wildman–Crippen LogP) is 2.30. The van der Waals surface area contributed by atoms with Crippen LogP contribution < -0.4 is 4.57 Å². The molecule has 1 aromatic carbocycles. The smallest absolute Gasteiger partial charge is 0.235 e. The summed E-state index contributed by atoms with van der Waals surface area (Å²) < 4.78 is 3.17. The number of nitrogens with zero attached hydrogens (tertiary/aromatic N) is 1. The van der Waals surface area contributed by atoms with E-state index in [9.17, 15) is 10.2 Å². The Morgan fingerprint density at radius 1 is 1.33 bits per heavy atom. The van der Waals surface area contributed by atoms with E-state index in [0.717, 1.165) is 20.8 Å². The van der Waals surface area contributed by atoms with Gasteiger partial charge in [-0.1, -0.05) is 17.4 Å². The van der Waals surface area contributed by atoms with Crippen molar-refractivity contribution in [2.24, 2.45) is 0 Å². The lowest BCUT2D eigenvalue weighted by Crippen LogP contribution is -2.39. The third-order valence-corrected chi connectivity index (χ3v) is 3.81. The largest absolute Gasteiger partial charge is 0.504 e. The molecule has 3 rings (SSSR count). The maximum atomic E-state index is 9.77. The van der Waals surface area contributed by atoms with Crippen molar-refractivity contribution in [3.05, 3.63) is 34.5 Å². The van der Waals surface area contributed by atoms with Gasteiger partial charge in [0.05, 0.1) is 5.56 Å². The number of rotatable bonds is 0. The van der Waals surface area contributed by atoms with Crippen molar-refractivity contribution in [3.8, 4) is 0 Å². The number of aliphatic hydroxyl groups excluding tert-OH is 2. The van der Waals surface area contributed by atoms with Gasteiger partial charge in [-0.05, 0) is 12.1 Å². The van der Waals surface area contributed by atoms with Crippen LogP contribution in [0.3, 0.4) is 0 Å². The van der Waals surface area contributed by atoms with Gasteiger partial charge in [-0.25, -0.2) is 0 Å². The Hall–Kier alpha value is -1.55. The van der Waals surface area contributed by atoms with Crippen LogP contribution in [0.25, 0.3) is 16.0 Å². The summed E-state index contributed by atoms with van der Waals surface area (Å²) in [5.41, 5.74) is 1.75. The number of aryl methyl sites for hydroxylation is 1. The van der Waals surface area contributed by atoms with Crippen LogP contribution in [0, 0.1) is 6.92 Å². The van der Waals surface area contributed by atoms with Crippen molar-refractivity contribution < 1.29 is 14.8 Å². The lowest BCUT2D eigenvalue weighted by Gasteiger charge is -2.08. The highest BCUT2D eigenvalue weighted by Crippen LogP contribution is 2.30. The van der Waals surface area contributed by atoms with E-state index in [1.165, 1.54) is 0 Å². The molecule has 0 saturated heterocycles. The van der Waals surface area contributed by atoms with E-state index >= 15 is 0 Å². The fraction of sp³-hybridized carbons (Fsp3) is 0.182. The summed E-state index contributed by atoms with van der Waals surface area (Å²) in [6.07, 6.45) is 0. The zero-order valence-corrected chi connectivity index (χ0v) is 9.01. The average molecular weight is 220 g/mol. The minimum Gasteiger partial charge on any atom is -0.504 e. The molecule has 15 heavy (non-hydrogen) atoms. The summed E-state index contributed by atoms with van der Waals surface area (Å²) in [6, 6.07) is 5.76. The van der Waals surface area contributed by atoms with Crippen LogP contribution in [-0.4, -0.2) is 10.2 Å². The third-order valence-electron chi connectivity index (χ3n) is 2.74. The van der Waals surface area contributed by atoms with Crippen LogP contribution in [0.1, 0.15) is 10.6 Å². The van der Waals surface area contributed by atoms with Gasteiger partial charge >= 0.3 is 0 Å². The van der Waals surface area contributed by atoms with Crippen LogP contribution in [0.5, 0.6) is 0 Å². The quantitative estimate of drug-likeness (QED) is 0.669. The van der Waals surface area contributed by atoms with Gasteiger partial charge in [0, 0.05) is 6.92 Å². The molecule has 2 N–H and O–H groups in total. The number of aliphatic hydroxyl groups is 2. The minimum atomic E-state index is 0.0124. The van der Waals surface area contributed by atoms with Gasteiger partial charge in [0.2, 0.25) is 22.8 Å². The molecule has 0 atom stereocenters. The molecule has 0 saturated carbocycles. The maximum absolute atomic E-state index is 9.77. The number of hydrogen-bond acceptors (Lipinski definition) is 3. The molecule has 2 aromatic rings. The Bertz CT molecular complexity index is 598. The van der Waals surface area contributed by atoms with Gasteiger partial charge < -0.3 is 10.2 Å². The van der Waals surface area contributed by atoms with E-state index in [2.05, 4.69) is 0 Å². The molecule has 1 aromatic heterocycles. The fourth-order valence-corrected chi connectivity index (χ4v) is 3.06. The first-order chi connectivity index (χ1) is 7.18. The Labute approximate surface area is 90.5 Å². The Kier molecular flexibility index (Phi) is 1.59. The second kappa shape index (κ2) is 2.73. The second-order valence-corrected chi connectivity index (χ2v) is 4.89. The average Bonchev–Trinajstić information content (AvgIpc) is 2.53. The third kappa shape index (κ3) is 1.02. The molecule has 4 heteroatoms. The van der Waals surface area contributed by atoms with Gasteiger partial charge in [0.15, 0.2) is 5.76 Å². The molecule has 0 amide bonds. The van der Waals surface area contributed by atoms with Crippen molar-refractivity contribution >= 4 is 27.3 Å². The molecule has 0 fully saturated rings. The van der Waals surface area contributed by atoms with Crippen molar-refractivity contribution in [1.29, 1.82) is 0 Å². The molecular formula is C11H10NO2S+. The lowest BCUT2D eigenvalue weighted by atomic mass is 10.1. The standard InChI is InChI=1S/C11H9NO2S/c1-6-12-5-8(13)11(14)7-3-2-4-9(15-6)10(7)12/h2-4H,5H2,1H3,(H-,13,14)/p+1. The molecule has 0 radical (unpaired) electrons. The zero-order valence-electron chi connectivity index (χ0n) is 8.19. The van der Waals surface area contributed by atoms with Crippen molar-refractivity contribution in [1.82, 2.24) is 0 Å². The second-order valence-electron chi connectivity index (χ2n) is 3.65. The maximum Gasteiger partial charge on any atom is 0.235 e. The molecule has 0 spiro atoms. The van der Waals surface area contributed by atoms with Gasteiger partial charge in [0.25, 0.3) is 0 Å². The van der Waals surface area contributed by atoms with E-state index in [0.29, 0.717) is 6.54 Å². The van der Waals surface area contributed by atoms with Gasteiger partial charge in [-0.15, -0.1) is 0 Å². The van der Waals surface area contributed by atoms with Crippen LogP contribution in [-0.2, 0) is 6.54 Å². The Morgan fingerprint density at radius 3 is 2.93 bits per heavy atom. The lowest BCUT2D eigenvalue weighted by molar-refractivity contribution is -0.668. The summed E-state index contributed by atoms with van der Waals surface area (Å²) in [5.74, 6) is 0.0555. The first kappa shape index (κ1) is 8.73. The van der Waals surface area contributed by atoms with Crippen LogP contribution >= 0.6 is 11.3 Å². The van der Waals surface area contributed by atoms with Crippen LogP contribution in [0.15, 0.2) is 24.0 Å². The van der Waals surface area contributed by atoms with Crippen molar-refractivity contribution in [2.75, 3.05) is 0 Å². The van der Waals surface area contributed by atoms with Gasteiger partial charge in [-0.2, -0.15) is 4.57 Å². The molecular weight excluding hydrogens is 210 g/mol. The summed E-state index contributed by atoms with van der Waals surface area (Å²) in [6.45, 7) is 2.39. The Balaban J connectivity index is 2.51. The molecule has 0 unspecified atom stereocenters. The molecule has 0 bridgehead atoms. The molecule has 2 heterocycles. The summed E-state index contributed by atoms with van der Waals surface area (Å²) in [5, 5.41) is 20.5. The van der Waals surface area contributed by atoms with Gasteiger partial charge in [0.1, 0.15) is 4.70 Å². The summed E-state index contributed by atoms with van der Waals surface area (Å²) in [7, 11) is 0. The summed E-state index contributed by atoms with van der Waals surface area (Å²) >= 11 is 1.68. The number of thiazole rings is 1. The van der Waals surface area contributed by atoms with Crippen molar-refractivity contribution in [3.63, 3.8) is 0 Å². The van der Waals surface area contributed by atoms with E-state index in [4.69, 9.17) is 0 Å². The van der Waals surface area contributed by atoms with Crippen LogP contribution in [0.2, 0.25) is 0 Å². The van der Waals surface area contributed by atoms with E-state index in [-0.39, 0.29) is 11.5 Å². The predicted molar refractivity (Wildman–Crippen MR) is 58.9 cm³/mol. The van der Waals surface area contributed by atoms with Gasteiger partial charge in [-0.3, -0.25) is 0 Å². The number of benzene rings is 1. The monoisotopic (exact) mass is 220 g/mol. The molecule has 76 valence electrons. The first-order valence-electron chi connectivity index (χ1n) is 4.72.